The van der Waals surface area contributed by atoms with Gasteiger partial charge in [0.15, 0.2) is 16.7 Å². The number of alkyl halides is 1. The normalized spacial score (nSPS) is 15.7. The topological polar surface area (TPSA) is 201 Å². The number of β-lactam (4-membered cyclic amide) rings is 1. The summed E-state index contributed by atoms with van der Waals surface area (Å²) in [5.74, 6) is -2.46. The zero-order valence-corrected chi connectivity index (χ0v) is 21.1. The quantitative estimate of drug-likeness (QED) is 0.138. The molecule has 1 aliphatic heterocycles. The number of thiazole rings is 1. The van der Waals surface area contributed by atoms with Crippen molar-refractivity contribution >= 4 is 85.1 Å². The summed E-state index contributed by atoms with van der Waals surface area (Å²) in [7, 11) is -3.15. The minimum Gasteiger partial charge on any atom is -0.398 e. The number of anilines is 2. The molecule has 4 N–H and O–H groups in total. The molecule has 0 aromatic carbocycles. The number of rotatable bonds is 9. The van der Waals surface area contributed by atoms with Crippen molar-refractivity contribution in [3.8, 4) is 0 Å². The van der Waals surface area contributed by atoms with Crippen LogP contribution in [0.2, 0.25) is 0 Å². The summed E-state index contributed by atoms with van der Waals surface area (Å²) >= 11 is 7.49. The summed E-state index contributed by atoms with van der Waals surface area (Å²) in [6.45, 7) is 1.42. The van der Waals surface area contributed by atoms with Crippen LogP contribution in [0, 0.1) is 6.92 Å². The summed E-state index contributed by atoms with van der Waals surface area (Å²) in [5.41, 5.74) is -0.244. The lowest BCUT2D eigenvalue weighted by atomic mass is 10.1. The van der Waals surface area contributed by atoms with Crippen molar-refractivity contribution in [1.82, 2.24) is 24.3 Å². The maximum atomic E-state index is 12.6. The van der Waals surface area contributed by atoms with Crippen LogP contribution >= 0.6 is 34.5 Å². The second kappa shape index (κ2) is 10.9. The fraction of sp³-hybridized carbons (Fsp3) is 0.312. The van der Waals surface area contributed by atoms with Crippen LogP contribution in [0.5, 0.6) is 0 Å². The van der Waals surface area contributed by atoms with Crippen LogP contribution in [0.1, 0.15) is 10.6 Å². The van der Waals surface area contributed by atoms with Crippen LogP contribution in [-0.2, 0) is 29.4 Å². The Hall–Kier alpha value is -3.35. The molecule has 3 rings (SSSR count). The van der Waals surface area contributed by atoms with E-state index in [1.165, 1.54) is 18.6 Å². The largest absolute Gasteiger partial charge is 0.398 e. The molecule has 1 fully saturated rings. The van der Waals surface area contributed by atoms with Gasteiger partial charge < -0.3 is 15.5 Å². The Balaban J connectivity index is 1.58. The number of imide groups is 1. The van der Waals surface area contributed by atoms with Crippen LogP contribution < -0.4 is 20.1 Å². The lowest BCUT2D eigenvalue weighted by molar-refractivity contribution is -0.141. The zero-order chi connectivity index (χ0) is 25.8. The fourth-order valence-electron chi connectivity index (χ4n) is 2.58. The van der Waals surface area contributed by atoms with E-state index in [2.05, 4.69) is 34.7 Å². The molecule has 3 heterocycles. The van der Waals surface area contributed by atoms with Crippen LogP contribution in [0.15, 0.2) is 16.6 Å². The van der Waals surface area contributed by atoms with Gasteiger partial charge in [0.2, 0.25) is 5.91 Å². The van der Waals surface area contributed by atoms with Crippen molar-refractivity contribution < 1.29 is 32.4 Å². The predicted octanol–water partition coefficient (Wildman–Crippen LogP) is -0.171. The van der Waals surface area contributed by atoms with Gasteiger partial charge in [-0.1, -0.05) is 5.16 Å². The highest BCUT2D eigenvalue weighted by Crippen LogP contribution is 2.18. The lowest BCUT2D eigenvalue weighted by Gasteiger charge is -2.36. The zero-order valence-electron chi connectivity index (χ0n) is 17.9. The molecule has 0 unspecified atom stereocenters. The highest BCUT2D eigenvalue weighted by molar-refractivity contribution is 7.91. The van der Waals surface area contributed by atoms with Gasteiger partial charge in [-0.3, -0.25) is 19.3 Å². The van der Waals surface area contributed by atoms with Gasteiger partial charge in [0.05, 0.1) is 6.54 Å². The fourth-order valence-corrected chi connectivity index (χ4v) is 4.69. The van der Waals surface area contributed by atoms with Gasteiger partial charge in [0.1, 0.15) is 24.7 Å². The Morgan fingerprint density at radius 2 is 2.11 bits per heavy atom. The second-order valence-corrected chi connectivity index (χ2v) is 10.2. The van der Waals surface area contributed by atoms with Crippen molar-refractivity contribution in [2.24, 2.45) is 5.16 Å². The van der Waals surface area contributed by atoms with E-state index >= 15 is 0 Å². The molecule has 5 amide bonds. The smallest absolute Gasteiger partial charge is 0.339 e. The van der Waals surface area contributed by atoms with Gasteiger partial charge >= 0.3 is 16.2 Å². The van der Waals surface area contributed by atoms with Crippen molar-refractivity contribution in [3.05, 3.63) is 22.0 Å². The van der Waals surface area contributed by atoms with Crippen molar-refractivity contribution in [2.75, 3.05) is 29.6 Å². The Labute approximate surface area is 211 Å². The molecule has 2 aromatic rings. The number of urea groups is 1. The molecule has 0 bridgehead atoms. The first-order chi connectivity index (χ1) is 16.5. The van der Waals surface area contributed by atoms with Crippen LogP contribution in [0.4, 0.5) is 15.7 Å². The molecular formula is C16H17ClN8O7S3. The number of nitrogens with one attached hydrogen (secondary N) is 4. The minimum atomic E-state index is -4.34. The number of oxime groups is 1. The first-order valence-electron chi connectivity index (χ1n) is 9.36. The number of amides is 5. The Morgan fingerprint density at radius 3 is 2.71 bits per heavy atom. The molecule has 35 heavy (non-hydrogen) atoms. The SMILES string of the molecule is CO/N=C(\C(=O)N[C@H]1CN(C(=O)NS(=O)(=O)Nc2cc(C)sn2)C1=O)c1csc(NC(=O)CCl)n1. The summed E-state index contributed by atoms with van der Waals surface area (Å²) in [6, 6.07) is -0.864. The summed E-state index contributed by atoms with van der Waals surface area (Å²) in [5, 5.41) is 9.96. The number of nitrogens with zero attached hydrogens (tertiary/aromatic N) is 4. The summed E-state index contributed by atoms with van der Waals surface area (Å²) in [6.07, 6.45) is 0. The van der Waals surface area contributed by atoms with E-state index in [-0.39, 0.29) is 34.8 Å². The van der Waals surface area contributed by atoms with E-state index in [1.54, 1.807) is 11.6 Å². The third kappa shape index (κ3) is 6.62. The van der Waals surface area contributed by atoms with E-state index in [9.17, 15) is 27.6 Å². The molecule has 1 aliphatic rings. The standard InChI is InChI=1S/C16H17ClN8O7S3/c1-7-3-10(22-34-7)23-35(30,31)24-16(29)25-5-8(14(25)28)18-13(27)12(21-32-2)9-6-33-15(19-9)20-11(26)4-17/h3,6,8H,4-5H2,1-2H3,(H,18,27)(H,22,23)(H,24,29)(H,19,20,26)/b21-12-/t8-/m0/s1. The minimum absolute atomic E-state index is 0.0188. The molecule has 2 aromatic heterocycles. The Kier molecular flexibility index (Phi) is 8.20. The lowest BCUT2D eigenvalue weighted by Crippen LogP contribution is -2.68. The molecule has 188 valence electrons. The molecule has 0 saturated carbocycles. The number of carbonyl (C=O) groups is 4. The first kappa shape index (κ1) is 26.3. The van der Waals surface area contributed by atoms with Crippen molar-refractivity contribution in [3.63, 3.8) is 0 Å². The molecule has 1 saturated heterocycles. The highest BCUT2D eigenvalue weighted by Gasteiger charge is 2.43. The van der Waals surface area contributed by atoms with Crippen LogP contribution in [0.3, 0.4) is 0 Å². The van der Waals surface area contributed by atoms with Gasteiger partial charge in [0.25, 0.3) is 11.8 Å². The first-order valence-corrected chi connectivity index (χ1v) is 13.0. The average molecular weight is 565 g/mol. The van der Waals surface area contributed by atoms with E-state index in [0.29, 0.717) is 4.90 Å². The molecule has 0 radical (unpaired) electrons. The predicted molar refractivity (Wildman–Crippen MR) is 127 cm³/mol. The van der Waals surface area contributed by atoms with E-state index in [1.807, 2.05) is 0 Å². The maximum absolute atomic E-state index is 12.6. The third-order valence-electron chi connectivity index (χ3n) is 4.08. The summed E-state index contributed by atoms with van der Waals surface area (Å²) in [4.78, 5) is 58.6. The van der Waals surface area contributed by atoms with Gasteiger partial charge in [0, 0.05) is 10.3 Å². The average Bonchev–Trinajstić information content (AvgIpc) is 3.41. The van der Waals surface area contributed by atoms with Gasteiger partial charge in [-0.05, 0) is 24.5 Å². The number of aryl methyl sites for hydroxylation is 1. The monoisotopic (exact) mass is 564 g/mol. The number of hydrogen-bond acceptors (Lipinski definition) is 12. The Morgan fingerprint density at radius 1 is 1.37 bits per heavy atom. The third-order valence-corrected chi connectivity index (χ3v) is 6.70. The molecular weight excluding hydrogens is 548 g/mol. The van der Waals surface area contributed by atoms with Gasteiger partial charge in [-0.2, -0.15) is 12.8 Å². The van der Waals surface area contributed by atoms with Crippen LogP contribution in [0.25, 0.3) is 0 Å². The number of likely N-dealkylation sites (tertiary alicyclic amines) is 1. The number of hydrogen-bond donors (Lipinski definition) is 4. The maximum Gasteiger partial charge on any atom is 0.339 e. The van der Waals surface area contributed by atoms with E-state index in [0.717, 1.165) is 27.7 Å². The molecule has 0 spiro atoms. The molecule has 1 atom stereocenters. The van der Waals surface area contributed by atoms with Crippen molar-refractivity contribution in [2.45, 2.75) is 13.0 Å². The van der Waals surface area contributed by atoms with E-state index < -0.39 is 40.0 Å². The Bertz CT molecular complexity index is 1290. The van der Waals surface area contributed by atoms with Crippen LogP contribution in [-0.4, -0.2) is 77.7 Å². The summed E-state index contributed by atoms with van der Waals surface area (Å²) < 4.78 is 31.8. The van der Waals surface area contributed by atoms with Gasteiger partial charge in [-0.15, -0.1) is 22.9 Å². The number of halogens is 1. The molecule has 15 nitrogen and oxygen atoms in total. The second-order valence-electron chi connectivity index (χ2n) is 6.65. The number of carbonyl (C=O) groups excluding carboxylic acids is 4. The van der Waals surface area contributed by atoms with E-state index in [4.69, 9.17) is 11.6 Å². The van der Waals surface area contributed by atoms with Gasteiger partial charge in [-0.25, -0.2) is 19.2 Å². The molecule has 19 heteroatoms. The highest BCUT2D eigenvalue weighted by atomic mass is 35.5. The van der Waals surface area contributed by atoms with Crippen molar-refractivity contribution in [1.29, 1.82) is 0 Å². The number of aromatic nitrogens is 2. The molecule has 0 aliphatic carbocycles.